The van der Waals surface area contributed by atoms with E-state index in [9.17, 15) is 4.79 Å². The third-order valence-electron chi connectivity index (χ3n) is 2.56. The summed E-state index contributed by atoms with van der Waals surface area (Å²) in [6.45, 7) is 5.71. The van der Waals surface area contributed by atoms with Crippen LogP contribution in [0.2, 0.25) is 0 Å². The van der Waals surface area contributed by atoms with E-state index < -0.39 is 5.97 Å². The lowest BCUT2D eigenvalue weighted by Gasteiger charge is -1.97. The van der Waals surface area contributed by atoms with Gasteiger partial charge in [-0.1, -0.05) is 51.3 Å². The zero-order chi connectivity index (χ0) is 12.2. The van der Waals surface area contributed by atoms with Crippen molar-refractivity contribution in [1.82, 2.24) is 0 Å². The number of unbranched alkanes of at least 4 members (excludes halogenated alkanes) is 5. The molecule has 0 aliphatic carbocycles. The van der Waals surface area contributed by atoms with Crippen molar-refractivity contribution in [3.8, 4) is 0 Å². The molecule has 92 valence electrons. The van der Waals surface area contributed by atoms with E-state index in [4.69, 9.17) is 5.11 Å². The van der Waals surface area contributed by atoms with Crippen molar-refractivity contribution in [2.75, 3.05) is 0 Å². The molecule has 2 heteroatoms. The summed E-state index contributed by atoms with van der Waals surface area (Å²) in [5.41, 5.74) is 0.299. The van der Waals surface area contributed by atoms with E-state index in [0.717, 1.165) is 12.8 Å². The Morgan fingerprint density at radius 1 is 1.12 bits per heavy atom. The average Bonchev–Trinajstić information content (AvgIpc) is 2.26. The third kappa shape index (κ3) is 9.50. The van der Waals surface area contributed by atoms with Crippen molar-refractivity contribution in [2.24, 2.45) is 0 Å². The minimum atomic E-state index is -0.882. The standard InChI is InChI=1S/C14H24O2/c1-3-4-5-6-7-8-9-10-11-12-13(2)14(15)16/h9-10H,2-8,11-12H2,1H3,(H,15,16). The lowest BCUT2D eigenvalue weighted by molar-refractivity contribution is -0.132. The molecule has 0 amide bonds. The fourth-order valence-electron chi connectivity index (χ4n) is 1.47. The highest BCUT2D eigenvalue weighted by atomic mass is 16.4. The lowest BCUT2D eigenvalue weighted by Crippen LogP contribution is -1.97. The minimum Gasteiger partial charge on any atom is -0.478 e. The molecule has 0 aromatic rings. The summed E-state index contributed by atoms with van der Waals surface area (Å²) in [5, 5.41) is 8.58. The molecule has 0 fully saturated rings. The smallest absolute Gasteiger partial charge is 0.330 e. The van der Waals surface area contributed by atoms with Crippen molar-refractivity contribution in [3.05, 3.63) is 24.3 Å². The molecule has 0 aliphatic rings. The van der Waals surface area contributed by atoms with Crippen molar-refractivity contribution >= 4 is 5.97 Å². The lowest BCUT2D eigenvalue weighted by atomic mass is 10.1. The molecule has 0 rings (SSSR count). The first-order chi connectivity index (χ1) is 7.68. The highest BCUT2D eigenvalue weighted by Gasteiger charge is 2.00. The zero-order valence-electron chi connectivity index (χ0n) is 10.4. The highest BCUT2D eigenvalue weighted by Crippen LogP contribution is 2.07. The van der Waals surface area contributed by atoms with E-state index in [0.29, 0.717) is 12.0 Å². The largest absolute Gasteiger partial charge is 0.478 e. The molecule has 0 aromatic carbocycles. The summed E-state index contributed by atoms with van der Waals surface area (Å²) in [5.74, 6) is -0.882. The summed E-state index contributed by atoms with van der Waals surface area (Å²) in [6, 6.07) is 0. The van der Waals surface area contributed by atoms with Crippen molar-refractivity contribution < 1.29 is 9.90 Å². The fraction of sp³-hybridized carbons (Fsp3) is 0.643. The Hall–Kier alpha value is -1.05. The molecular formula is C14H24O2. The van der Waals surface area contributed by atoms with Crippen LogP contribution in [0.15, 0.2) is 24.3 Å². The number of carboxylic acids is 1. The second kappa shape index (κ2) is 10.5. The molecule has 1 N–H and O–H groups in total. The molecular weight excluding hydrogens is 200 g/mol. The molecule has 0 unspecified atom stereocenters. The van der Waals surface area contributed by atoms with Gasteiger partial charge in [0.25, 0.3) is 0 Å². The Kier molecular flexibility index (Phi) is 9.78. The summed E-state index contributed by atoms with van der Waals surface area (Å²) < 4.78 is 0. The fourth-order valence-corrected chi connectivity index (χ4v) is 1.47. The Bertz CT molecular complexity index is 229. The Morgan fingerprint density at radius 3 is 2.38 bits per heavy atom. The number of hydrogen-bond acceptors (Lipinski definition) is 1. The van der Waals surface area contributed by atoms with Gasteiger partial charge in [-0.2, -0.15) is 0 Å². The summed E-state index contributed by atoms with van der Waals surface area (Å²) in [4.78, 5) is 10.4. The van der Waals surface area contributed by atoms with E-state index in [2.05, 4.69) is 25.7 Å². The third-order valence-corrected chi connectivity index (χ3v) is 2.56. The van der Waals surface area contributed by atoms with Gasteiger partial charge in [-0.05, 0) is 25.7 Å². The summed E-state index contributed by atoms with van der Waals surface area (Å²) in [7, 11) is 0. The van der Waals surface area contributed by atoms with Crippen LogP contribution in [0, 0.1) is 0 Å². The van der Waals surface area contributed by atoms with Gasteiger partial charge in [-0.3, -0.25) is 0 Å². The van der Waals surface area contributed by atoms with Gasteiger partial charge in [0.05, 0.1) is 0 Å². The zero-order valence-corrected chi connectivity index (χ0v) is 10.4. The van der Waals surface area contributed by atoms with Crippen LogP contribution in [-0.4, -0.2) is 11.1 Å². The molecule has 0 bridgehead atoms. The Labute approximate surface area is 99.1 Å². The van der Waals surface area contributed by atoms with Gasteiger partial charge in [-0.25, -0.2) is 4.79 Å². The van der Waals surface area contributed by atoms with Crippen LogP contribution in [0.25, 0.3) is 0 Å². The van der Waals surface area contributed by atoms with E-state index in [1.165, 1.54) is 32.1 Å². The maximum absolute atomic E-state index is 10.4. The van der Waals surface area contributed by atoms with Crippen LogP contribution in [0.1, 0.15) is 58.3 Å². The Morgan fingerprint density at radius 2 is 1.75 bits per heavy atom. The minimum absolute atomic E-state index is 0.299. The van der Waals surface area contributed by atoms with Gasteiger partial charge in [0, 0.05) is 5.57 Å². The topological polar surface area (TPSA) is 37.3 Å². The van der Waals surface area contributed by atoms with Gasteiger partial charge < -0.3 is 5.11 Å². The molecule has 0 saturated carbocycles. The van der Waals surface area contributed by atoms with E-state index in [1.807, 2.05) is 0 Å². The number of aliphatic carboxylic acids is 1. The van der Waals surface area contributed by atoms with Crippen LogP contribution in [0.5, 0.6) is 0 Å². The van der Waals surface area contributed by atoms with E-state index in [1.54, 1.807) is 0 Å². The molecule has 2 nitrogen and oxygen atoms in total. The average molecular weight is 224 g/mol. The first kappa shape index (κ1) is 14.9. The molecule has 0 spiro atoms. The second-order valence-corrected chi connectivity index (χ2v) is 4.12. The molecule has 0 aromatic heterocycles. The van der Waals surface area contributed by atoms with Crippen LogP contribution < -0.4 is 0 Å². The predicted molar refractivity (Wildman–Crippen MR) is 68.5 cm³/mol. The SMILES string of the molecule is C=C(CCC=CCCCCCCC)C(=O)O. The van der Waals surface area contributed by atoms with Crippen LogP contribution in [0.3, 0.4) is 0 Å². The highest BCUT2D eigenvalue weighted by molar-refractivity contribution is 5.85. The van der Waals surface area contributed by atoms with Crippen molar-refractivity contribution in [2.45, 2.75) is 58.3 Å². The van der Waals surface area contributed by atoms with Gasteiger partial charge in [0.15, 0.2) is 0 Å². The monoisotopic (exact) mass is 224 g/mol. The van der Waals surface area contributed by atoms with E-state index in [-0.39, 0.29) is 0 Å². The second-order valence-electron chi connectivity index (χ2n) is 4.12. The number of rotatable bonds is 10. The first-order valence-corrected chi connectivity index (χ1v) is 6.24. The maximum Gasteiger partial charge on any atom is 0.330 e. The van der Waals surface area contributed by atoms with Gasteiger partial charge in [0.2, 0.25) is 0 Å². The summed E-state index contributed by atoms with van der Waals surface area (Å²) in [6.07, 6.45) is 13.2. The van der Waals surface area contributed by atoms with Crippen LogP contribution in [0.4, 0.5) is 0 Å². The Balaban J connectivity index is 3.28. The van der Waals surface area contributed by atoms with Gasteiger partial charge >= 0.3 is 5.97 Å². The maximum atomic E-state index is 10.4. The number of hydrogen-bond donors (Lipinski definition) is 1. The predicted octanol–water partition coefficient (Wildman–Crippen LogP) is 4.32. The van der Waals surface area contributed by atoms with Crippen LogP contribution >= 0.6 is 0 Å². The van der Waals surface area contributed by atoms with Crippen molar-refractivity contribution in [3.63, 3.8) is 0 Å². The molecule has 0 atom stereocenters. The normalized spacial score (nSPS) is 10.8. The molecule has 0 aliphatic heterocycles. The number of carboxylic acid groups (broad SMARTS) is 1. The first-order valence-electron chi connectivity index (χ1n) is 6.24. The number of allylic oxidation sites excluding steroid dienone is 2. The molecule has 16 heavy (non-hydrogen) atoms. The van der Waals surface area contributed by atoms with Crippen molar-refractivity contribution in [1.29, 1.82) is 0 Å². The molecule has 0 heterocycles. The number of carbonyl (C=O) groups is 1. The molecule has 0 saturated heterocycles. The van der Waals surface area contributed by atoms with E-state index >= 15 is 0 Å². The molecule has 0 radical (unpaired) electrons. The van der Waals surface area contributed by atoms with Gasteiger partial charge in [-0.15, -0.1) is 0 Å². The van der Waals surface area contributed by atoms with Gasteiger partial charge in [0.1, 0.15) is 0 Å². The quantitative estimate of drug-likeness (QED) is 0.341. The van der Waals surface area contributed by atoms with Crippen LogP contribution in [-0.2, 0) is 4.79 Å². The summed E-state index contributed by atoms with van der Waals surface area (Å²) >= 11 is 0.